The highest BCUT2D eigenvalue weighted by Gasteiger charge is 2.28. The van der Waals surface area contributed by atoms with E-state index in [0.29, 0.717) is 12.0 Å². The predicted octanol–water partition coefficient (Wildman–Crippen LogP) is 5.56. The molecule has 2 aromatic rings. The Hall–Kier alpha value is -1.42. The van der Waals surface area contributed by atoms with Gasteiger partial charge in [-0.15, -0.1) is 11.8 Å². The lowest BCUT2D eigenvalue weighted by atomic mass is 9.90. The number of alkyl halides is 2. The van der Waals surface area contributed by atoms with E-state index in [1.807, 2.05) is 13.0 Å². The molecule has 0 saturated heterocycles. The number of fused-ring (bicyclic) bond motifs is 1. The Morgan fingerprint density at radius 1 is 1.24 bits per heavy atom. The van der Waals surface area contributed by atoms with E-state index in [0.717, 1.165) is 21.8 Å². The third-order valence-electron chi connectivity index (χ3n) is 3.82. The van der Waals surface area contributed by atoms with Gasteiger partial charge < -0.3 is 0 Å². The van der Waals surface area contributed by atoms with E-state index in [2.05, 4.69) is 0 Å². The van der Waals surface area contributed by atoms with Gasteiger partial charge in [0.25, 0.3) is 6.43 Å². The van der Waals surface area contributed by atoms with Gasteiger partial charge >= 0.3 is 0 Å². The Kier molecular flexibility index (Phi) is 3.98. The van der Waals surface area contributed by atoms with Crippen molar-refractivity contribution in [2.24, 2.45) is 0 Å². The normalized spacial score (nSPS) is 17.3. The van der Waals surface area contributed by atoms with Gasteiger partial charge in [0.1, 0.15) is 5.82 Å². The minimum atomic E-state index is -2.50. The molecule has 21 heavy (non-hydrogen) atoms. The van der Waals surface area contributed by atoms with Gasteiger partial charge in [-0.1, -0.05) is 25.1 Å². The highest BCUT2D eigenvalue weighted by Crippen LogP contribution is 2.45. The van der Waals surface area contributed by atoms with E-state index >= 15 is 0 Å². The second-order valence-corrected chi connectivity index (χ2v) is 6.43. The molecule has 0 saturated carbocycles. The summed E-state index contributed by atoms with van der Waals surface area (Å²) in [6.07, 6.45) is -2.16. The number of benzene rings is 2. The zero-order valence-electron chi connectivity index (χ0n) is 11.6. The lowest BCUT2D eigenvalue weighted by Gasteiger charge is -2.16. The smallest absolute Gasteiger partial charge is 0.207 e. The number of thioether (sulfide) groups is 1. The molecule has 0 spiro atoms. The van der Waals surface area contributed by atoms with Crippen LogP contribution in [0.2, 0.25) is 0 Å². The van der Waals surface area contributed by atoms with E-state index in [1.165, 1.54) is 12.1 Å². The molecule has 2 aromatic carbocycles. The fourth-order valence-electron chi connectivity index (χ4n) is 2.87. The van der Waals surface area contributed by atoms with Crippen LogP contribution in [0, 0.1) is 5.82 Å². The van der Waals surface area contributed by atoms with Crippen LogP contribution < -0.4 is 0 Å². The lowest BCUT2D eigenvalue weighted by Crippen LogP contribution is -2.04. The molecule has 0 bridgehead atoms. The second kappa shape index (κ2) is 5.76. The molecular formula is C17H15F3S. The molecule has 0 radical (unpaired) electrons. The fourth-order valence-corrected chi connectivity index (χ4v) is 4.10. The summed E-state index contributed by atoms with van der Waals surface area (Å²) < 4.78 is 40.4. The van der Waals surface area contributed by atoms with Crippen molar-refractivity contribution in [1.29, 1.82) is 0 Å². The van der Waals surface area contributed by atoms with Gasteiger partial charge in [0.2, 0.25) is 0 Å². The van der Waals surface area contributed by atoms with E-state index < -0.39 is 6.43 Å². The molecule has 1 unspecified atom stereocenters. The summed E-state index contributed by atoms with van der Waals surface area (Å²) in [5.41, 5.74) is 2.25. The van der Waals surface area contributed by atoms with E-state index in [1.54, 1.807) is 30.0 Å². The van der Waals surface area contributed by atoms with Gasteiger partial charge in [-0.2, -0.15) is 0 Å². The number of hydrogen-bond acceptors (Lipinski definition) is 1. The van der Waals surface area contributed by atoms with Crippen LogP contribution in [-0.2, 0) is 6.42 Å². The molecule has 1 atom stereocenters. The van der Waals surface area contributed by atoms with Crippen LogP contribution in [0.25, 0.3) is 0 Å². The first kappa shape index (κ1) is 14.5. The first-order chi connectivity index (χ1) is 10.1. The van der Waals surface area contributed by atoms with Crippen molar-refractivity contribution in [3.8, 4) is 0 Å². The molecule has 0 fully saturated rings. The molecule has 3 rings (SSSR count). The quantitative estimate of drug-likeness (QED) is 0.715. The molecule has 0 aliphatic carbocycles. The van der Waals surface area contributed by atoms with Crippen molar-refractivity contribution in [1.82, 2.24) is 0 Å². The summed E-state index contributed by atoms with van der Waals surface area (Å²) in [4.78, 5) is 0.959. The summed E-state index contributed by atoms with van der Waals surface area (Å²) in [6, 6.07) is 9.82. The first-order valence-electron chi connectivity index (χ1n) is 6.87. The van der Waals surface area contributed by atoms with Crippen molar-refractivity contribution in [2.45, 2.75) is 30.6 Å². The molecular weight excluding hydrogens is 293 g/mol. The molecule has 1 aliphatic rings. The van der Waals surface area contributed by atoms with Crippen LogP contribution in [0.1, 0.15) is 41.5 Å². The van der Waals surface area contributed by atoms with E-state index in [-0.39, 0.29) is 17.3 Å². The van der Waals surface area contributed by atoms with Gasteiger partial charge in [0, 0.05) is 16.2 Å². The van der Waals surface area contributed by atoms with Gasteiger partial charge in [-0.05, 0) is 47.2 Å². The molecule has 4 heteroatoms. The largest absolute Gasteiger partial charge is 0.264 e. The molecule has 110 valence electrons. The van der Waals surface area contributed by atoms with Crippen LogP contribution in [0.3, 0.4) is 0 Å². The maximum Gasteiger partial charge on any atom is 0.264 e. The summed E-state index contributed by atoms with van der Waals surface area (Å²) in [5, 5.41) is 0. The Balaban J connectivity index is 2.05. The predicted molar refractivity (Wildman–Crippen MR) is 79.7 cm³/mol. The topological polar surface area (TPSA) is 0 Å². The first-order valence-corrected chi connectivity index (χ1v) is 7.86. The molecule has 0 aromatic heterocycles. The Bertz CT molecular complexity index is 667. The zero-order chi connectivity index (χ0) is 15.0. The van der Waals surface area contributed by atoms with Crippen molar-refractivity contribution < 1.29 is 13.2 Å². The minimum absolute atomic E-state index is 0.140. The van der Waals surface area contributed by atoms with Gasteiger partial charge in [0.15, 0.2) is 0 Å². The third-order valence-corrected chi connectivity index (χ3v) is 5.15. The number of rotatable bonds is 3. The molecule has 1 heterocycles. The minimum Gasteiger partial charge on any atom is -0.207 e. The maximum atomic E-state index is 13.6. The fraction of sp³-hybridized carbons (Fsp3) is 0.294. The molecule has 0 amide bonds. The van der Waals surface area contributed by atoms with Crippen molar-refractivity contribution in [2.75, 3.05) is 5.75 Å². The van der Waals surface area contributed by atoms with Crippen molar-refractivity contribution in [3.05, 3.63) is 64.5 Å². The molecule has 0 nitrogen and oxygen atoms in total. The standard InChI is InChI=1S/C17H15F3S/c1-10-9-21-14-6-5-12(16(15(10)14)17(19)20)7-11-3-2-4-13(18)8-11/h2-6,8,10,17H,7,9H2,1H3. The van der Waals surface area contributed by atoms with E-state index in [4.69, 9.17) is 0 Å². The average molecular weight is 308 g/mol. The van der Waals surface area contributed by atoms with E-state index in [9.17, 15) is 13.2 Å². The van der Waals surface area contributed by atoms with Crippen LogP contribution in [-0.4, -0.2) is 5.75 Å². The van der Waals surface area contributed by atoms with Crippen molar-refractivity contribution in [3.63, 3.8) is 0 Å². The van der Waals surface area contributed by atoms with Crippen molar-refractivity contribution >= 4 is 11.8 Å². The Labute approximate surface area is 126 Å². The summed E-state index contributed by atoms with van der Waals surface area (Å²) in [6.45, 7) is 1.98. The van der Waals surface area contributed by atoms with Gasteiger partial charge in [0.05, 0.1) is 0 Å². The van der Waals surface area contributed by atoms with Crippen LogP contribution in [0.15, 0.2) is 41.3 Å². The average Bonchev–Trinajstić information content (AvgIpc) is 2.80. The monoisotopic (exact) mass is 308 g/mol. The molecule has 0 N–H and O–H groups in total. The zero-order valence-corrected chi connectivity index (χ0v) is 12.4. The Morgan fingerprint density at radius 2 is 2.05 bits per heavy atom. The summed E-state index contributed by atoms with van der Waals surface area (Å²) in [5.74, 6) is 0.649. The summed E-state index contributed by atoms with van der Waals surface area (Å²) >= 11 is 1.63. The van der Waals surface area contributed by atoms with Crippen LogP contribution in [0.4, 0.5) is 13.2 Å². The highest BCUT2D eigenvalue weighted by atomic mass is 32.2. The van der Waals surface area contributed by atoms with Crippen LogP contribution >= 0.6 is 11.8 Å². The van der Waals surface area contributed by atoms with Crippen LogP contribution in [0.5, 0.6) is 0 Å². The second-order valence-electron chi connectivity index (χ2n) is 5.37. The van der Waals surface area contributed by atoms with Gasteiger partial charge in [-0.25, -0.2) is 13.2 Å². The summed E-state index contributed by atoms with van der Waals surface area (Å²) in [7, 11) is 0. The number of hydrogen-bond donors (Lipinski definition) is 0. The maximum absolute atomic E-state index is 13.6. The SMILES string of the molecule is CC1CSc2ccc(Cc3cccc(F)c3)c(C(F)F)c21. The Morgan fingerprint density at radius 3 is 2.76 bits per heavy atom. The third kappa shape index (κ3) is 2.82. The highest BCUT2D eigenvalue weighted by molar-refractivity contribution is 7.99. The van der Waals surface area contributed by atoms with Gasteiger partial charge in [-0.3, -0.25) is 0 Å². The molecule has 1 aliphatic heterocycles. The number of halogens is 3. The lowest BCUT2D eigenvalue weighted by molar-refractivity contribution is 0.148.